The van der Waals surface area contributed by atoms with Crippen molar-refractivity contribution in [2.45, 2.75) is 5.66 Å². The molecule has 5 heteroatoms. The molecule has 5 aromatic rings. The van der Waals surface area contributed by atoms with E-state index in [2.05, 4.69) is 164 Å². The fourth-order valence-corrected chi connectivity index (χ4v) is 16.0. The third-order valence-electron chi connectivity index (χ3n) is 8.50. The van der Waals surface area contributed by atoms with E-state index < -0.39 is 13.8 Å². The van der Waals surface area contributed by atoms with Gasteiger partial charge in [-0.15, -0.1) is 0 Å². The maximum atomic E-state index is 14.1. The molecule has 1 aliphatic carbocycles. The Balaban J connectivity index is 1.87. The van der Waals surface area contributed by atoms with Gasteiger partial charge in [-0.3, -0.25) is 9.63 Å². The first-order valence-electron chi connectivity index (χ1n) is 15.1. The van der Waals surface area contributed by atoms with Crippen LogP contribution < -0.4 is 26.5 Å². The van der Waals surface area contributed by atoms with Gasteiger partial charge in [0.15, 0.2) is 0 Å². The lowest BCUT2D eigenvalue weighted by Crippen LogP contribution is -2.40. The Bertz CT molecular complexity index is 1770. The zero-order chi connectivity index (χ0) is 31.1. The van der Waals surface area contributed by atoms with Crippen molar-refractivity contribution in [1.82, 2.24) is 5.06 Å². The third kappa shape index (κ3) is 5.65. The molecular formula is C40H37NO2P2. The Morgan fingerprint density at radius 1 is 0.600 bits per heavy atom. The molecule has 224 valence electrons. The minimum atomic E-state index is -2.66. The van der Waals surface area contributed by atoms with Crippen LogP contribution in [0.3, 0.4) is 0 Å². The zero-order valence-electron chi connectivity index (χ0n) is 25.6. The van der Waals surface area contributed by atoms with Gasteiger partial charge in [-0.25, -0.2) is 5.06 Å². The van der Waals surface area contributed by atoms with Crippen LogP contribution in [0, 0.1) is 0 Å². The Kier molecular flexibility index (Phi) is 9.34. The minimum Gasteiger partial charge on any atom is -0.274 e. The van der Waals surface area contributed by atoms with Gasteiger partial charge in [-0.2, -0.15) is 0 Å². The van der Waals surface area contributed by atoms with Crippen molar-refractivity contribution in [2.75, 3.05) is 14.2 Å². The van der Waals surface area contributed by atoms with Crippen molar-refractivity contribution in [1.29, 1.82) is 0 Å². The van der Waals surface area contributed by atoms with Crippen molar-refractivity contribution in [3.8, 4) is 0 Å². The van der Waals surface area contributed by atoms with E-state index in [1.807, 2.05) is 17.9 Å². The van der Waals surface area contributed by atoms with Gasteiger partial charge in [0, 0.05) is 18.5 Å². The SMILES string of the molecule is CON(C)C(=O)C=P(c1ccccc1)(c1ccccc1)C1C=CC=CC1=P(c1ccccc1)(c1ccccc1)c1ccccc1. The predicted molar refractivity (Wildman–Crippen MR) is 197 cm³/mol. The zero-order valence-corrected chi connectivity index (χ0v) is 27.3. The van der Waals surface area contributed by atoms with Crippen molar-refractivity contribution in [2.24, 2.45) is 0 Å². The Hall–Kier alpha value is -4.39. The summed E-state index contributed by atoms with van der Waals surface area (Å²) < 4.78 is 0. The maximum absolute atomic E-state index is 14.1. The summed E-state index contributed by atoms with van der Waals surface area (Å²) in [7, 11) is 3.22. The fourth-order valence-electron chi connectivity index (χ4n) is 6.42. The van der Waals surface area contributed by atoms with Crippen molar-refractivity contribution < 1.29 is 9.63 Å². The van der Waals surface area contributed by atoms with Crippen LogP contribution in [-0.4, -0.2) is 41.9 Å². The van der Waals surface area contributed by atoms with Crippen LogP contribution in [0.4, 0.5) is 0 Å². The first-order valence-corrected chi connectivity index (χ1v) is 18.8. The highest BCUT2D eigenvalue weighted by Crippen LogP contribution is 2.57. The molecule has 0 N–H and O–H groups in total. The Morgan fingerprint density at radius 3 is 1.36 bits per heavy atom. The van der Waals surface area contributed by atoms with Gasteiger partial charge in [0.1, 0.15) is 0 Å². The van der Waals surface area contributed by atoms with Crippen LogP contribution in [0.25, 0.3) is 0 Å². The van der Waals surface area contributed by atoms with E-state index in [1.54, 1.807) is 7.05 Å². The quantitative estimate of drug-likeness (QED) is 0.153. The second-order valence-electron chi connectivity index (χ2n) is 10.9. The minimum absolute atomic E-state index is 0.115. The summed E-state index contributed by atoms with van der Waals surface area (Å²) in [5.74, 6) is 1.81. The lowest BCUT2D eigenvalue weighted by Gasteiger charge is -2.41. The maximum Gasteiger partial charge on any atom is 0.270 e. The number of nitrogens with zero attached hydrogens (tertiary/aromatic N) is 1. The van der Waals surface area contributed by atoms with Crippen molar-refractivity contribution in [3.63, 3.8) is 0 Å². The summed E-state index contributed by atoms with van der Waals surface area (Å²) in [6.45, 7) is -5.12. The van der Waals surface area contributed by atoms with E-state index in [9.17, 15) is 4.79 Å². The molecule has 1 unspecified atom stereocenters. The third-order valence-corrected chi connectivity index (χ3v) is 17.4. The van der Waals surface area contributed by atoms with E-state index in [1.165, 1.54) is 33.4 Å². The normalized spacial score (nSPS) is 14.6. The number of allylic oxidation sites excluding steroid dienone is 4. The Morgan fingerprint density at radius 2 is 0.978 bits per heavy atom. The average molecular weight is 626 g/mol. The average Bonchev–Trinajstić information content (AvgIpc) is 3.13. The molecule has 45 heavy (non-hydrogen) atoms. The van der Waals surface area contributed by atoms with E-state index in [0.29, 0.717) is 0 Å². The van der Waals surface area contributed by atoms with E-state index in [-0.39, 0.29) is 11.6 Å². The molecule has 0 radical (unpaired) electrons. The second kappa shape index (κ2) is 13.7. The highest BCUT2D eigenvalue weighted by Gasteiger charge is 2.40. The highest BCUT2D eigenvalue weighted by molar-refractivity contribution is 7.98. The monoisotopic (exact) mass is 625 g/mol. The smallest absolute Gasteiger partial charge is 0.270 e. The summed E-state index contributed by atoms with van der Waals surface area (Å²) in [5.41, 5.74) is -0.115. The van der Waals surface area contributed by atoms with Crippen LogP contribution in [-0.2, 0) is 9.63 Å². The van der Waals surface area contributed by atoms with E-state index >= 15 is 0 Å². The van der Waals surface area contributed by atoms with Crippen LogP contribution in [0.5, 0.6) is 0 Å². The van der Waals surface area contributed by atoms with Gasteiger partial charge in [0.2, 0.25) is 0 Å². The van der Waals surface area contributed by atoms with Crippen LogP contribution in [0.15, 0.2) is 176 Å². The molecule has 0 bridgehead atoms. The number of hydrogen-bond donors (Lipinski definition) is 0. The van der Waals surface area contributed by atoms with Gasteiger partial charge in [-0.1, -0.05) is 176 Å². The molecule has 1 aliphatic rings. The summed E-state index contributed by atoms with van der Waals surface area (Å²) >= 11 is 0. The molecule has 0 saturated carbocycles. The standard InChI is InChI=1S/C40H37NO2P2/c1-41(43-2)40(42)32-44(33-20-8-3-9-21-33,34-22-10-4-11-23-34)38-30-18-19-31-39(38)45(35-24-12-5-13-25-35,36-26-14-6-15-27-36)37-28-16-7-17-29-37/h3-32,38H,1-2H3. The number of carbonyl (C=O) groups excluding carboxylic acids is 1. The second-order valence-corrected chi connectivity index (χ2v) is 17.7. The molecule has 0 spiro atoms. The van der Waals surface area contributed by atoms with Crippen molar-refractivity contribution >= 4 is 57.3 Å². The summed E-state index contributed by atoms with van der Waals surface area (Å²) in [5, 5.41) is 8.77. The topological polar surface area (TPSA) is 29.5 Å². The van der Waals surface area contributed by atoms with Gasteiger partial charge in [-0.05, 0) is 45.6 Å². The predicted octanol–water partition coefficient (Wildman–Crippen LogP) is 6.14. The molecular weight excluding hydrogens is 588 g/mol. The highest BCUT2D eigenvalue weighted by atomic mass is 31.2. The molecule has 0 aliphatic heterocycles. The molecule has 1 amide bonds. The lowest BCUT2D eigenvalue weighted by molar-refractivity contribution is -0.159. The number of hydroxylamine groups is 2. The molecule has 6 rings (SSSR count). The van der Waals surface area contributed by atoms with Gasteiger partial charge in [0.25, 0.3) is 5.91 Å². The van der Waals surface area contributed by atoms with E-state index in [0.717, 1.165) is 10.6 Å². The van der Waals surface area contributed by atoms with Crippen molar-refractivity contribution in [3.05, 3.63) is 176 Å². The van der Waals surface area contributed by atoms with Gasteiger partial charge < -0.3 is 0 Å². The molecule has 0 heterocycles. The first-order chi connectivity index (χ1) is 22.1. The molecule has 0 fully saturated rings. The number of rotatable bonds is 8. The van der Waals surface area contributed by atoms with Gasteiger partial charge in [0.05, 0.1) is 7.11 Å². The fraction of sp³-hybridized carbons (Fsp3) is 0.0750. The number of amides is 1. The molecule has 0 saturated heterocycles. The lowest BCUT2D eigenvalue weighted by atomic mass is 10.2. The Labute approximate surface area is 267 Å². The van der Waals surface area contributed by atoms with Crippen LogP contribution >= 0.6 is 13.8 Å². The van der Waals surface area contributed by atoms with Crippen LogP contribution in [0.1, 0.15) is 0 Å². The molecule has 3 nitrogen and oxygen atoms in total. The summed E-state index contributed by atoms with van der Waals surface area (Å²) in [4.78, 5) is 19.5. The molecule has 5 aromatic carbocycles. The number of hydrogen-bond acceptors (Lipinski definition) is 2. The summed E-state index contributed by atoms with van der Waals surface area (Å²) in [6, 6.07) is 54.0. The summed E-state index contributed by atoms with van der Waals surface area (Å²) in [6.07, 6.45) is 9.00. The number of carbonyl (C=O) groups is 1. The van der Waals surface area contributed by atoms with Crippen LogP contribution in [0.2, 0.25) is 0 Å². The first kappa shape index (κ1) is 30.6. The molecule has 1 atom stereocenters. The largest absolute Gasteiger partial charge is 0.274 e. The molecule has 0 aromatic heterocycles. The van der Waals surface area contributed by atoms with E-state index in [4.69, 9.17) is 4.84 Å². The van der Waals surface area contributed by atoms with Gasteiger partial charge >= 0.3 is 0 Å². The number of benzene rings is 5.